The molecule has 0 aliphatic rings. The maximum Gasteiger partial charge on any atom is 0.338 e. The van der Waals surface area contributed by atoms with Gasteiger partial charge in [-0.3, -0.25) is 14.9 Å². The highest BCUT2D eigenvalue weighted by Crippen LogP contribution is 2.28. The molecule has 27 heavy (non-hydrogen) atoms. The van der Waals surface area contributed by atoms with Crippen molar-refractivity contribution in [2.45, 2.75) is 18.4 Å². The average Bonchev–Trinajstić information content (AvgIpc) is 2.66. The van der Waals surface area contributed by atoms with Crippen LogP contribution >= 0.6 is 11.8 Å². The van der Waals surface area contributed by atoms with E-state index in [9.17, 15) is 19.7 Å². The van der Waals surface area contributed by atoms with Crippen LogP contribution in [0.2, 0.25) is 0 Å². The van der Waals surface area contributed by atoms with Gasteiger partial charge in [-0.25, -0.2) is 4.79 Å². The number of amides is 1. The molecule has 0 atom stereocenters. The molecule has 0 aliphatic carbocycles. The summed E-state index contributed by atoms with van der Waals surface area (Å²) >= 11 is 1.21. The van der Waals surface area contributed by atoms with E-state index in [0.717, 1.165) is 17.2 Å². The molecule has 142 valence electrons. The summed E-state index contributed by atoms with van der Waals surface area (Å²) in [6.07, 6.45) is 1.71. The molecule has 0 saturated carbocycles. The number of thioether (sulfide) groups is 1. The highest BCUT2D eigenvalue weighted by molar-refractivity contribution is 7.98. The summed E-state index contributed by atoms with van der Waals surface area (Å²) in [5, 5.41) is 11.1. The first-order chi connectivity index (χ1) is 12.8. The maximum absolute atomic E-state index is 12.2. The van der Waals surface area contributed by atoms with E-state index in [4.69, 9.17) is 4.74 Å². The number of aryl methyl sites for hydroxylation is 1. The largest absolute Gasteiger partial charge is 0.452 e. The Morgan fingerprint density at radius 1 is 1.19 bits per heavy atom. The van der Waals surface area contributed by atoms with Gasteiger partial charge >= 0.3 is 5.97 Å². The average molecular weight is 388 g/mol. The lowest BCUT2D eigenvalue weighted by atomic mass is 10.1. The van der Waals surface area contributed by atoms with Crippen LogP contribution in [0.4, 0.5) is 5.69 Å². The second-order valence-electron chi connectivity index (χ2n) is 5.96. The van der Waals surface area contributed by atoms with Crippen molar-refractivity contribution >= 4 is 29.3 Å². The molecule has 2 aromatic rings. The fourth-order valence-corrected chi connectivity index (χ4v) is 2.88. The molecule has 8 heteroatoms. The monoisotopic (exact) mass is 388 g/mol. The first-order valence-electron chi connectivity index (χ1n) is 8.11. The number of ether oxygens (including phenoxy) is 1. The van der Waals surface area contributed by atoms with Gasteiger partial charge in [0.05, 0.1) is 15.4 Å². The Bertz CT molecular complexity index is 852. The van der Waals surface area contributed by atoms with Crippen molar-refractivity contribution < 1.29 is 19.2 Å². The van der Waals surface area contributed by atoms with Crippen LogP contribution in [0.3, 0.4) is 0 Å². The SMILES string of the molecule is CSc1ccc(C(=O)OCC(=O)N(C)Cc2ccc(C)cc2)cc1[N+](=O)[O-]. The van der Waals surface area contributed by atoms with Gasteiger partial charge in [0, 0.05) is 19.7 Å². The zero-order valence-electron chi connectivity index (χ0n) is 15.3. The number of carbonyl (C=O) groups excluding carboxylic acids is 2. The van der Waals surface area contributed by atoms with Gasteiger partial charge in [-0.1, -0.05) is 29.8 Å². The quantitative estimate of drug-likeness (QED) is 0.312. The minimum absolute atomic E-state index is 0.0356. The van der Waals surface area contributed by atoms with E-state index in [1.165, 1.54) is 28.8 Å². The Balaban J connectivity index is 1.96. The molecule has 0 radical (unpaired) electrons. The highest BCUT2D eigenvalue weighted by atomic mass is 32.2. The summed E-state index contributed by atoms with van der Waals surface area (Å²) in [5.74, 6) is -1.14. The molecule has 2 aromatic carbocycles. The maximum atomic E-state index is 12.2. The molecule has 0 bridgehead atoms. The van der Waals surface area contributed by atoms with Crippen molar-refractivity contribution in [1.82, 2.24) is 4.90 Å². The second kappa shape index (κ2) is 9.18. The van der Waals surface area contributed by atoms with Crippen LogP contribution in [-0.2, 0) is 16.1 Å². The van der Waals surface area contributed by atoms with E-state index in [1.54, 1.807) is 13.3 Å². The van der Waals surface area contributed by atoms with Crippen LogP contribution in [0.5, 0.6) is 0 Å². The summed E-state index contributed by atoms with van der Waals surface area (Å²) in [4.78, 5) is 36.7. The molecular weight excluding hydrogens is 368 g/mol. The van der Waals surface area contributed by atoms with Gasteiger partial charge in [0.25, 0.3) is 11.6 Å². The lowest BCUT2D eigenvalue weighted by Crippen LogP contribution is -2.30. The third kappa shape index (κ3) is 5.55. The van der Waals surface area contributed by atoms with Crippen LogP contribution in [-0.4, -0.2) is 41.6 Å². The Morgan fingerprint density at radius 2 is 1.85 bits per heavy atom. The molecule has 0 spiro atoms. The molecule has 0 N–H and O–H groups in total. The van der Waals surface area contributed by atoms with Gasteiger partial charge in [-0.2, -0.15) is 0 Å². The molecule has 7 nitrogen and oxygen atoms in total. The van der Waals surface area contributed by atoms with Crippen molar-refractivity contribution in [2.24, 2.45) is 0 Å². The molecule has 0 heterocycles. The number of rotatable bonds is 7. The predicted octanol–water partition coefficient (Wildman–Crippen LogP) is 3.44. The van der Waals surface area contributed by atoms with E-state index in [1.807, 2.05) is 31.2 Å². The van der Waals surface area contributed by atoms with Crippen LogP contribution in [0, 0.1) is 17.0 Å². The van der Waals surface area contributed by atoms with E-state index in [0.29, 0.717) is 11.4 Å². The van der Waals surface area contributed by atoms with Gasteiger partial charge in [-0.05, 0) is 30.9 Å². The number of nitro benzene ring substituents is 1. The fraction of sp³-hybridized carbons (Fsp3) is 0.263. The topological polar surface area (TPSA) is 89.8 Å². The number of likely N-dealkylation sites (N-methyl/N-ethyl adjacent to an activating group) is 1. The van der Waals surface area contributed by atoms with Crippen molar-refractivity contribution in [1.29, 1.82) is 0 Å². The first kappa shape index (κ1) is 20.4. The summed E-state index contributed by atoms with van der Waals surface area (Å²) in [7, 11) is 1.62. The van der Waals surface area contributed by atoms with Gasteiger partial charge in [0.2, 0.25) is 0 Å². The number of carbonyl (C=O) groups is 2. The van der Waals surface area contributed by atoms with Crippen molar-refractivity contribution in [2.75, 3.05) is 19.9 Å². The van der Waals surface area contributed by atoms with Crippen molar-refractivity contribution in [3.63, 3.8) is 0 Å². The minimum Gasteiger partial charge on any atom is -0.452 e. The number of nitro groups is 1. The van der Waals surface area contributed by atoms with Crippen molar-refractivity contribution in [3.8, 4) is 0 Å². The lowest BCUT2D eigenvalue weighted by Gasteiger charge is -2.17. The lowest BCUT2D eigenvalue weighted by molar-refractivity contribution is -0.387. The zero-order valence-corrected chi connectivity index (χ0v) is 16.1. The predicted molar refractivity (Wildman–Crippen MR) is 103 cm³/mol. The Hall–Kier alpha value is -2.87. The third-order valence-corrected chi connectivity index (χ3v) is 4.69. The fourth-order valence-electron chi connectivity index (χ4n) is 2.34. The Labute approximate surface area is 161 Å². The molecule has 2 rings (SSSR count). The number of hydrogen-bond donors (Lipinski definition) is 0. The van der Waals surface area contributed by atoms with Gasteiger partial charge in [-0.15, -0.1) is 11.8 Å². The zero-order chi connectivity index (χ0) is 20.0. The van der Waals surface area contributed by atoms with Crippen LogP contribution in [0.15, 0.2) is 47.4 Å². The second-order valence-corrected chi connectivity index (χ2v) is 6.80. The Kier molecular flexibility index (Phi) is 6.95. The first-order valence-corrected chi connectivity index (χ1v) is 9.33. The highest BCUT2D eigenvalue weighted by Gasteiger charge is 2.19. The van der Waals surface area contributed by atoms with Gasteiger partial charge in [0.1, 0.15) is 0 Å². The molecule has 0 saturated heterocycles. The molecule has 0 unspecified atom stereocenters. The molecule has 0 fully saturated rings. The Morgan fingerprint density at radius 3 is 2.44 bits per heavy atom. The van der Waals surface area contributed by atoms with E-state index in [-0.39, 0.29) is 17.2 Å². The normalized spacial score (nSPS) is 10.3. The van der Waals surface area contributed by atoms with E-state index < -0.39 is 17.5 Å². The number of hydrogen-bond acceptors (Lipinski definition) is 6. The number of nitrogens with zero attached hydrogens (tertiary/aromatic N) is 2. The van der Waals surface area contributed by atoms with Gasteiger partial charge in [0.15, 0.2) is 6.61 Å². The van der Waals surface area contributed by atoms with Crippen LogP contribution in [0.1, 0.15) is 21.5 Å². The molecular formula is C19H20N2O5S. The van der Waals surface area contributed by atoms with Crippen molar-refractivity contribution in [3.05, 3.63) is 69.3 Å². The van der Waals surface area contributed by atoms with Gasteiger partial charge < -0.3 is 9.64 Å². The minimum atomic E-state index is -0.775. The third-order valence-electron chi connectivity index (χ3n) is 3.90. The van der Waals surface area contributed by atoms with E-state index in [2.05, 4.69) is 0 Å². The summed E-state index contributed by atoms with van der Waals surface area (Å²) in [6, 6.07) is 11.9. The summed E-state index contributed by atoms with van der Waals surface area (Å²) < 4.78 is 5.02. The van der Waals surface area contributed by atoms with Crippen LogP contribution < -0.4 is 0 Å². The molecule has 0 aliphatic heterocycles. The van der Waals surface area contributed by atoms with E-state index >= 15 is 0 Å². The molecule has 1 amide bonds. The molecule has 0 aromatic heterocycles. The number of benzene rings is 2. The van der Waals surface area contributed by atoms with Crippen LogP contribution in [0.25, 0.3) is 0 Å². The summed E-state index contributed by atoms with van der Waals surface area (Å²) in [6.45, 7) is 1.94. The smallest absolute Gasteiger partial charge is 0.338 e. The standard InChI is InChI=1S/C19H20N2O5S/c1-13-4-6-14(7-5-13)11-20(2)18(22)12-26-19(23)15-8-9-17(27-3)16(10-15)21(24)25/h4-10H,11-12H2,1-3H3. The number of esters is 1. The summed E-state index contributed by atoms with van der Waals surface area (Å²) in [5.41, 5.74) is 1.96.